The second-order valence-corrected chi connectivity index (χ2v) is 9.60. The van der Waals surface area contributed by atoms with Crippen molar-refractivity contribution in [3.05, 3.63) is 40.3 Å². The number of sulfonamides is 1. The van der Waals surface area contributed by atoms with E-state index < -0.39 is 16.2 Å². The van der Waals surface area contributed by atoms with E-state index in [9.17, 15) is 13.2 Å². The molecule has 3 N–H and O–H groups in total. The molecule has 30 heavy (non-hydrogen) atoms. The topological polar surface area (TPSA) is 122 Å². The fraction of sp³-hybridized carbons (Fsp3) is 0.500. The van der Waals surface area contributed by atoms with Gasteiger partial charge >= 0.3 is 0 Å². The first-order valence-corrected chi connectivity index (χ1v) is 11.4. The Morgan fingerprint density at radius 1 is 1.30 bits per heavy atom. The zero-order valence-corrected chi connectivity index (χ0v) is 18.6. The fourth-order valence-corrected chi connectivity index (χ4v) is 4.93. The van der Waals surface area contributed by atoms with Crippen molar-refractivity contribution >= 4 is 10.0 Å². The molecule has 0 saturated carbocycles. The first-order chi connectivity index (χ1) is 14.1. The zero-order valence-electron chi connectivity index (χ0n) is 17.8. The molecule has 1 unspecified atom stereocenters. The Kier molecular flexibility index (Phi) is 6.61. The molecule has 0 spiro atoms. The van der Waals surface area contributed by atoms with Gasteiger partial charge in [-0.05, 0) is 38.1 Å². The van der Waals surface area contributed by atoms with Crippen LogP contribution < -0.4 is 16.0 Å². The number of nitrogens with one attached hydrogen (secondary N) is 1. The van der Waals surface area contributed by atoms with Gasteiger partial charge in [0.2, 0.25) is 10.0 Å². The van der Waals surface area contributed by atoms with Gasteiger partial charge < -0.3 is 20.4 Å². The highest BCUT2D eigenvalue weighted by Crippen LogP contribution is 2.32. The van der Waals surface area contributed by atoms with Crippen molar-refractivity contribution in [1.82, 2.24) is 19.2 Å². The molecule has 1 aromatic carbocycles. The minimum absolute atomic E-state index is 0.0387. The lowest BCUT2D eigenvalue weighted by molar-refractivity contribution is 0.163. The van der Waals surface area contributed by atoms with Crippen molar-refractivity contribution in [3.63, 3.8) is 0 Å². The van der Waals surface area contributed by atoms with Crippen molar-refractivity contribution < 1.29 is 13.2 Å². The Morgan fingerprint density at radius 3 is 2.67 bits per heavy atom. The van der Waals surface area contributed by atoms with E-state index in [2.05, 4.69) is 9.97 Å². The van der Waals surface area contributed by atoms with Gasteiger partial charge in [-0.1, -0.05) is 13.8 Å². The van der Waals surface area contributed by atoms with Crippen molar-refractivity contribution in [2.24, 2.45) is 5.73 Å². The van der Waals surface area contributed by atoms with Crippen LogP contribution in [-0.2, 0) is 10.0 Å². The molecule has 1 saturated heterocycles. The van der Waals surface area contributed by atoms with Crippen LogP contribution in [0.4, 0.5) is 0 Å². The molecule has 1 fully saturated rings. The summed E-state index contributed by atoms with van der Waals surface area (Å²) in [5.41, 5.74) is 6.84. The van der Waals surface area contributed by atoms with Crippen molar-refractivity contribution in [1.29, 1.82) is 0 Å². The Labute approximate surface area is 176 Å². The number of piperazine rings is 1. The lowest BCUT2D eigenvalue weighted by atomic mass is 10.1. The summed E-state index contributed by atoms with van der Waals surface area (Å²) in [6.45, 7) is 7.45. The summed E-state index contributed by atoms with van der Waals surface area (Å²) in [6.07, 6.45) is -0.633. The number of aromatic nitrogens is 2. The van der Waals surface area contributed by atoms with E-state index >= 15 is 0 Å². The Hall–Kier alpha value is -2.27. The number of hydrogen-bond donors (Lipinski definition) is 2. The molecule has 9 nitrogen and oxygen atoms in total. The number of hydrogen-bond acceptors (Lipinski definition) is 7. The standard InChI is InChI=1S/C20H29N5O4S/c1-5-29-17-7-6-14(30(27,28)25-9-8-24(4)12-18(25)21)10-15(17)20-22-16(13(2)3)11-19(26)23-20/h6-7,10-11,13,18H,5,8-9,12,21H2,1-4H3,(H,22,23,26). The molecular weight excluding hydrogens is 406 g/mol. The third-order valence-corrected chi connectivity index (χ3v) is 6.96. The van der Waals surface area contributed by atoms with Crippen LogP contribution in [0.1, 0.15) is 32.4 Å². The molecule has 3 rings (SSSR count). The molecule has 1 aromatic heterocycles. The summed E-state index contributed by atoms with van der Waals surface area (Å²) in [5, 5.41) is 0. The predicted octanol–water partition coefficient (Wildman–Crippen LogP) is 1.18. The van der Waals surface area contributed by atoms with Crippen LogP contribution in [-0.4, -0.2) is 67.0 Å². The molecular formula is C20H29N5O4S. The molecule has 2 aromatic rings. The summed E-state index contributed by atoms with van der Waals surface area (Å²) < 4.78 is 33.6. The maximum Gasteiger partial charge on any atom is 0.251 e. The number of nitrogens with two attached hydrogens (primary N) is 1. The molecule has 0 aliphatic carbocycles. The number of rotatable bonds is 6. The highest BCUT2D eigenvalue weighted by molar-refractivity contribution is 7.89. The van der Waals surface area contributed by atoms with Crippen LogP contribution in [0.25, 0.3) is 11.4 Å². The van der Waals surface area contributed by atoms with Gasteiger partial charge in [-0.25, -0.2) is 13.4 Å². The zero-order chi connectivity index (χ0) is 22.1. The van der Waals surface area contributed by atoms with Gasteiger partial charge in [0.15, 0.2) is 0 Å². The summed E-state index contributed by atoms with van der Waals surface area (Å²) in [6, 6.07) is 6.03. The molecule has 0 bridgehead atoms. The number of likely N-dealkylation sites (N-methyl/N-ethyl adjacent to an activating group) is 1. The van der Waals surface area contributed by atoms with Crippen LogP contribution in [0.15, 0.2) is 34.0 Å². The molecule has 1 aliphatic rings. The summed E-state index contributed by atoms with van der Waals surface area (Å²) in [4.78, 5) is 21.5. The predicted molar refractivity (Wildman–Crippen MR) is 115 cm³/mol. The number of aromatic amines is 1. The van der Waals surface area contributed by atoms with Crippen LogP contribution in [0, 0.1) is 0 Å². The summed E-state index contributed by atoms with van der Waals surface area (Å²) in [5.74, 6) is 0.759. The second kappa shape index (κ2) is 8.84. The van der Waals surface area contributed by atoms with Crippen molar-refractivity contribution in [3.8, 4) is 17.1 Å². The highest BCUT2D eigenvalue weighted by atomic mass is 32.2. The van der Waals surface area contributed by atoms with Gasteiger partial charge in [0, 0.05) is 25.7 Å². The quantitative estimate of drug-likeness (QED) is 0.699. The van der Waals surface area contributed by atoms with E-state index in [1.807, 2.05) is 32.7 Å². The van der Waals surface area contributed by atoms with Gasteiger partial charge in [0.05, 0.1) is 28.9 Å². The second-order valence-electron chi connectivity index (χ2n) is 7.71. The third-order valence-electron chi connectivity index (χ3n) is 5.04. The van der Waals surface area contributed by atoms with E-state index in [0.717, 1.165) is 0 Å². The van der Waals surface area contributed by atoms with E-state index in [0.29, 0.717) is 43.2 Å². The van der Waals surface area contributed by atoms with Gasteiger partial charge in [-0.2, -0.15) is 4.31 Å². The monoisotopic (exact) mass is 435 g/mol. The van der Waals surface area contributed by atoms with E-state index in [-0.39, 0.29) is 22.2 Å². The van der Waals surface area contributed by atoms with Crippen LogP contribution in [0.5, 0.6) is 5.75 Å². The average Bonchev–Trinajstić information content (AvgIpc) is 2.67. The Bertz CT molecular complexity index is 1070. The normalized spacial score (nSPS) is 18.7. The van der Waals surface area contributed by atoms with Gasteiger partial charge in [0.1, 0.15) is 11.6 Å². The Balaban J connectivity index is 2.11. The van der Waals surface area contributed by atoms with Crippen LogP contribution in [0.3, 0.4) is 0 Å². The van der Waals surface area contributed by atoms with Crippen LogP contribution >= 0.6 is 0 Å². The molecule has 1 atom stereocenters. The minimum Gasteiger partial charge on any atom is -0.493 e. The maximum absolute atomic E-state index is 13.3. The number of benzene rings is 1. The largest absolute Gasteiger partial charge is 0.493 e. The summed E-state index contributed by atoms with van der Waals surface area (Å²) >= 11 is 0. The van der Waals surface area contributed by atoms with E-state index in [1.54, 1.807) is 6.07 Å². The minimum atomic E-state index is -3.83. The Morgan fingerprint density at radius 2 is 2.03 bits per heavy atom. The van der Waals surface area contributed by atoms with Crippen molar-refractivity contribution in [2.45, 2.75) is 37.8 Å². The number of ether oxygens (including phenoxy) is 1. The molecule has 1 aliphatic heterocycles. The molecule has 10 heteroatoms. The first kappa shape index (κ1) is 22.4. The molecule has 2 heterocycles. The highest BCUT2D eigenvalue weighted by Gasteiger charge is 2.33. The SMILES string of the molecule is CCOc1ccc(S(=O)(=O)N2CCN(C)CC2N)cc1-c1nc(C(C)C)cc(=O)[nH]1. The lowest BCUT2D eigenvalue weighted by Crippen LogP contribution is -2.57. The van der Waals surface area contributed by atoms with Gasteiger partial charge in [-0.15, -0.1) is 0 Å². The maximum atomic E-state index is 13.3. The van der Waals surface area contributed by atoms with Gasteiger partial charge in [-0.3, -0.25) is 4.79 Å². The van der Waals surface area contributed by atoms with Crippen molar-refractivity contribution in [2.75, 3.05) is 33.3 Å². The molecule has 164 valence electrons. The van der Waals surface area contributed by atoms with Crippen LogP contribution in [0.2, 0.25) is 0 Å². The van der Waals surface area contributed by atoms with E-state index in [4.69, 9.17) is 10.5 Å². The molecule has 0 amide bonds. The number of H-pyrrole nitrogens is 1. The number of nitrogens with zero attached hydrogens (tertiary/aromatic N) is 3. The fourth-order valence-electron chi connectivity index (χ4n) is 3.41. The van der Waals surface area contributed by atoms with E-state index in [1.165, 1.54) is 22.5 Å². The van der Waals surface area contributed by atoms with Gasteiger partial charge in [0.25, 0.3) is 5.56 Å². The molecule has 0 radical (unpaired) electrons. The average molecular weight is 436 g/mol. The third kappa shape index (κ3) is 4.56. The summed E-state index contributed by atoms with van der Waals surface area (Å²) in [7, 11) is -1.92. The smallest absolute Gasteiger partial charge is 0.251 e. The lowest BCUT2D eigenvalue weighted by Gasteiger charge is -2.36. The first-order valence-electron chi connectivity index (χ1n) is 9.98.